The van der Waals surface area contributed by atoms with E-state index in [2.05, 4.69) is 37.9 Å². The summed E-state index contributed by atoms with van der Waals surface area (Å²) in [7, 11) is 5.71. The number of hydrogen-bond donors (Lipinski definition) is 1. The number of carbonyl (C=O) groups excluding carboxylic acids is 1. The van der Waals surface area contributed by atoms with E-state index in [1.807, 2.05) is 26.1 Å². The molecule has 1 aliphatic heterocycles. The maximum atomic E-state index is 13.5. The van der Waals surface area contributed by atoms with Crippen molar-refractivity contribution in [1.29, 1.82) is 0 Å². The van der Waals surface area contributed by atoms with E-state index in [0.717, 1.165) is 23.9 Å². The summed E-state index contributed by atoms with van der Waals surface area (Å²) in [5.41, 5.74) is 1.90. The average Bonchev–Trinajstić information content (AvgIpc) is 3.66. The SMILES string of the molecule is C=C(Oc1ccc(C)c(C(=O)NC2(c3cc(C#CC(F)(F)F)cc4ncccc34)CC2)c1)[C@@]1([Si])CCN1C. The molecule has 2 aromatic carbocycles. The van der Waals surface area contributed by atoms with E-state index in [0.29, 0.717) is 41.0 Å². The van der Waals surface area contributed by atoms with Crippen LogP contribution < -0.4 is 10.1 Å². The van der Waals surface area contributed by atoms with Crippen molar-refractivity contribution in [2.24, 2.45) is 0 Å². The van der Waals surface area contributed by atoms with Gasteiger partial charge in [-0.25, -0.2) is 0 Å². The van der Waals surface area contributed by atoms with Crippen LogP contribution in [0, 0.1) is 18.8 Å². The van der Waals surface area contributed by atoms with Crippen LogP contribution >= 0.6 is 0 Å². The molecule has 193 valence electrons. The molecule has 1 aromatic heterocycles. The first-order valence-corrected chi connectivity index (χ1v) is 12.7. The van der Waals surface area contributed by atoms with Crippen molar-refractivity contribution in [2.45, 2.75) is 43.1 Å². The number of aromatic nitrogens is 1. The van der Waals surface area contributed by atoms with E-state index in [4.69, 9.17) is 4.74 Å². The molecule has 1 atom stereocenters. The quantitative estimate of drug-likeness (QED) is 0.277. The lowest BCUT2D eigenvalue weighted by Gasteiger charge is -2.48. The third-order valence-corrected chi connectivity index (χ3v) is 8.21. The molecule has 1 aliphatic carbocycles. The predicted molar refractivity (Wildman–Crippen MR) is 140 cm³/mol. The number of alkyl halides is 3. The molecule has 2 aliphatic rings. The Morgan fingerprint density at radius 2 is 1.97 bits per heavy atom. The van der Waals surface area contributed by atoms with Gasteiger partial charge >= 0.3 is 6.18 Å². The van der Waals surface area contributed by atoms with Gasteiger partial charge in [0, 0.05) is 35.2 Å². The first-order valence-electron chi connectivity index (χ1n) is 12.2. The summed E-state index contributed by atoms with van der Waals surface area (Å²) in [4.78, 5) is 19.9. The van der Waals surface area contributed by atoms with Crippen LogP contribution in [0.3, 0.4) is 0 Å². The van der Waals surface area contributed by atoms with E-state index in [9.17, 15) is 18.0 Å². The second-order valence-electron chi connectivity index (χ2n) is 9.91. The van der Waals surface area contributed by atoms with E-state index >= 15 is 0 Å². The summed E-state index contributed by atoms with van der Waals surface area (Å²) in [6.45, 7) is 6.82. The van der Waals surface area contributed by atoms with Crippen LogP contribution in [0.2, 0.25) is 0 Å². The number of hydrogen-bond acceptors (Lipinski definition) is 4. The zero-order valence-corrected chi connectivity index (χ0v) is 22.0. The van der Waals surface area contributed by atoms with E-state index < -0.39 is 16.9 Å². The molecular weight excluding hydrogens is 507 g/mol. The van der Waals surface area contributed by atoms with E-state index in [1.54, 1.807) is 30.5 Å². The second kappa shape index (κ2) is 9.29. The van der Waals surface area contributed by atoms with Gasteiger partial charge in [0.05, 0.1) is 26.5 Å². The first kappa shape index (κ1) is 26.0. The van der Waals surface area contributed by atoms with Crippen molar-refractivity contribution in [3.63, 3.8) is 0 Å². The Morgan fingerprint density at radius 1 is 1.21 bits per heavy atom. The van der Waals surface area contributed by atoms with Crippen molar-refractivity contribution < 1.29 is 22.7 Å². The highest BCUT2D eigenvalue weighted by atomic mass is 28.1. The summed E-state index contributed by atoms with van der Waals surface area (Å²) in [6.07, 6.45) is -0.891. The van der Waals surface area contributed by atoms with Crippen LogP contribution in [-0.4, -0.2) is 51.0 Å². The molecule has 0 spiro atoms. The highest BCUT2D eigenvalue weighted by Gasteiger charge is 2.47. The monoisotopic (exact) mass is 532 g/mol. The van der Waals surface area contributed by atoms with Crippen LogP contribution in [0.15, 0.2) is 61.0 Å². The number of pyridine rings is 1. The molecule has 9 heteroatoms. The maximum Gasteiger partial charge on any atom is 0.458 e. The smallest absolute Gasteiger partial charge is 0.458 e. The lowest BCUT2D eigenvalue weighted by atomic mass is 9.95. The number of fused-ring (bicyclic) bond motifs is 1. The minimum atomic E-state index is -4.61. The lowest BCUT2D eigenvalue weighted by Crippen LogP contribution is -2.60. The number of aryl methyl sites for hydroxylation is 1. The fraction of sp³-hybridized carbons (Fsp3) is 0.310. The van der Waals surface area contributed by atoms with Gasteiger partial charge in [-0.2, -0.15) is 13.2 Å². The standard InChI is InChI=1S/C29H25F3N3O2Si/c1-18-6-7-21(37-19(2)28(38)12-14-35(28)3)17-23(18)26(36)34-27(10-11-27)24-15-20(8-9-29(30,31)32)16-25-22(24)5-4-13-33-25/h4-7,13,15-17H,2,10-12,14H2,1,3H3,(H,34,36)/t28-/m0/s1. The molecule has 1 saturated heterocycles. The Kier molecular flexibility index (Phi) is 6.36. The number of rotatable bonds is 6. The number of nitrogens with one attached hydrogen (secondary N) is 1. The van der Waals surface area contributed by atoms with Crippen molar-refractivity contribution in [3.8, 4) is 17.6 Å². The number of nitrogens with zero attached hydrogens (tertiary/aromatic N) is 2. The largest absolute Gasteiger partial charge is 0.461 e. The molecule has 3 radical (unpaired) electrons. The molecule has 2 heterocycles. The number of carbonyl (C=O) groups is 1. The summed E-state index contributed by atoms with van der Waals surface area (Å²) >= 11 is 0. The third-order valence-electron chi connectivity index (χ3n) is 7.30. The van der Waals surface area contributed by atoms with E-state index in [1.165, 1.54) is 12.0 Å². The fourth-order valence-corrected chi connectivity index (χ4v) is 4.99. The highest BCUT2D eigenvalue weighted by Crippen LogP contribution is 2.48. The van der Waals surface area contributed by atoms with Gasteiger partial charge < -0.3 is 10.1 Å². The molecular formula is C29H25F3N3O2Si. The van der Waals surface area contributed by atoms with Gasteiger partial charge in [0.15, 0.2) is 0 Å². The highest BCUT2D eigenvalue weighted by molar-refractivity contribution is 6.18. The Balaban J connectivity index is 1.44. The van der Waals surface area contributed by atoms with Gasteiger partial charge in [-0.1, -0.05) is 24.6 Å². The van der Waals surface area contributed by atoms with Gasteiger partial charge in [-0.05, 0) is 74.7 Å². The number of benzene rings is 2. The summed E-state index contributed by atoms with van der Waals surface area (Å²) in [5, 5.41) is 3.46. The van der Waals surface area contributed by atoms with Gasteiger partial charge in [-0.15, -0.1) is 0 Å². The normalized spacial score (nSPS) is 20.2. The van der Waals surface area contributed by atoms with Crippen molar-refractivity contribution >= 4 is 27.1 Å². The number of amides is 1. The number of likely N-dealkylation sites (tertiary alicyclic amines) is 1. The molecule has 0 bridgehead atoms. The zero-order chi connectivity index (χ0) is 27.3. The summed E-state index contributed by atoms with van der Waals surface area (Å²) in [6, 6.07) is 12.1. The van der Waals surface area contributed by atoms with Gasteiger partial charge in [0.2, 0.25) is 0 Å². The minimum absolute atomic E-state index is 0.193. The van der Waals surface area contributed by atoms with Crippen molar-refractivity contribution in [3.05, 3.63) is 83.3 Å². The molecule has 5 rings (SSSR count). The Hall–Kier alpha value is -3.61. The molecule has 1 N–H and O–H groups in total. The molecule has 2 fully saturated rings. The summed E-state index contributed by atoms with van der Waals surface area (Å²) < 4.78 is 44.3. The van der Waals surface area contributed by atoms with Crippen LogP contribution in [0.4, 0.5) is 13.2 Å². The molecule has 1 saturated carbocycles. The number of likely N-dealkylation sites (N-methyl/N-ethyl adjacent to an activating group) is 1. The van der Waals surface area contributed by atoms with Crippen molar-refractivity contribution in [2.75, 3.05) is 13.6 Å². The Bertz CT molecular complexity index is 1520. The van der Waals surface area contributed by atoms with E-state index in [-0.39, 0.29) is 11.5 Å². The van der Waals surface area contributed by atoms with Crippen LogP contribution in [0.25, 0.3) is 10.9 Å². The fourth-order valence-electron chi connectivity index (χ4n) is 4.71. The molecule has 1 amide bonds. The van der Waals surface area contributed by atoms with Gasteiger partial charge in [-0.3, -0.25) is 14.7 Å². The Morgan fingerprint density at radius 3 is 2.61 bits per heavy atom. The summed E-state index contributed by atoms with van der Waals surface area (Å²) in [5.74, 6) is 4.26. The van der Waals surface area contributed by atoms with Crippen LogP contribution in [0.1, 0.15) is 46.3 Å². The zero-order valence-electron chi connectivity index (χ0n) is 21.0. The predicted octanol–water partition coefficient (Wildman–Crippen LogP) is 4.97. The number of ether oxygens (including phenoxy) is 1. The molecule has 38 heavy (non-hydrogen) atoms. The van der Waals surface area contributed by atoms with Crippen LogP contribution in [-0.2, 0) is 5.54 Å². The lowest BCUT2D eigenvalue weighted by molar-refractivity contribution is -0.0696. The Labute approximate surface area is 222 Å². The topological polar surface area (TPSA) is 54.5 Å². The average molecular weight is 533 g/mol. The number of halogens is 3. The molecule has 0 unspecified atom stereocenters. The maximum absolute atomic E-state index is 13.5. The van der Waals surface area contributed by atoms with Crippen molar-refractivity contribution in [1.82, 2.24) is 15.2 Å². The van der Waals surface area contributed by atoms with Gasteiger partial charge in [0.25, 0.3) is 5.91 Å². The third kappa shape index (κ3) is 4.94. The minimum Gasteiger partial charge on any atom is -0.461 e. The second-order valence-corrected chi connectivity index (χ2v) is 10.7. The molecule has 5 nitrogen and oxygen atoms in total. The first-order chi connectivity index (χ1) is 17.9. The van der Waals surface area contributed by atoms with Crippen LogP contribution in [0.5, 0.6) is 5.75 Å². The molecule has 3 aromatic rings. The van der Waals surface area contributed by atoms with Gasteiger partial charge in [0.1, 0.15) is 11.5 Å².